The van der Waals surface area contributed by atoms with Crippen LogP contribution in [0.15, 0.2) is 15.7 Å². The van der Waals surface area contributed by atoms with Gasteiger partial charge in [-0.1, -0.05) is 11.6 Å². The van der Waals surface area contributed by atoms with Gasteiger partial charge in [0.2, 0.25) is 0 Å². The molecule has 1 aromatic carbocycles. The van der Waals surface area contributed by atoms with Gasteiger partial charge in [0.1, 0.15) is 5.82 Å². The summed E-state index contributed by atoms with van der Waals surface area (Å²) in [6, 6.07) is 0.861. The zero-order valence-corrected chi connectivity index (χ0v) is 16.6. The number of anilines is 1. The number of fused-ring (bicyclic) bond motifs is 1. The summed E-state index contributed by atoms with van der Waals surface area (Å²) >= 11 is 6.52. The lowest BCUT2D eigenvalue weighted by Gasteiger charge is -2.23. The minimum absolute atomic E-state index is 0.0467. The fourth-order valence-electron chi connectivity index (χ4n) is 4.01. The van der Waals surface area contributed by atoms with Gasteiger partial charge >= 0.3 is 11.9 Å². The number of hydrogen-bond donors (Lipinski definition) is 2. The van der Waals surface area contributed by atoms with Crippen molar-refractivity contribution in [2.45, 2.75) is 31.5 Å². The third kappa shape index (κ3) is 3.76. The molecule has 1 saturated carbocycles. The lowest BCUT2D eigenvalue weighted by molar-refractivity contribution is -0.125. The number of nitrogens with two attached hydrogens (primary N) is 1. The summed E-state index contributed by atoms with van der Waals surface area (Å²) in [6.07, 6.45) is -2.31. The van der Waals surface area contributed by atoms with Gasteiger partial charge < -0.3 is 16.1 Å². The molecule has 1 unspecified atom stereocenters. The van der Waals surface area contributed by atoms with Gasteiger partial charge in [0, 0.05) is 25.7 Å². The van der Waals surface area contributed by atoms with E-state index >= 15 is 0 Å². The van der Waals surface area contributed by atoms with Gasteiger partial charge in [0.05, 0.1) is 28.2 Å². The maximum atomic E-state index is 15.0. The summed E-state index contributed by atoms with van der Waals surface area (Å²) in [5.41, 5.74) is -1.36. The van der Waals surface area contributed by atoms with E-state index in [4.69, 9.17) is 17.4 Å². The molecule has 1 atom stereocenters. The Balaban J connectivity index is 1.69. The second kappa shape index (κ2) is 7.45. The zero-order valence-electron chi connectivity index (χ0n) is 15.8. The van der Waals surface area contributed by atoms with Crippen molar-refractivity contribution in [2.24, 2.45) is 5.92 Å². The largest absolute Gasteiger partial charge is 0.401 e. The summed E-state index contributed by atoms with van der Waals surface area (Å²) in [5, 5.41) is 2.22. The average Bonchev–Trinajstić information content (AvgIpc) is 3.39. The highest BCUT2D eigenvalue weighted by atomic mass is 35.5. The first-order chi connectivity index (χ1) is 14.1. The highest BCUT2D eigenvalue weighted by molar-refractivity contribution is 6.38. The first-order valence-electron chi connectivity index (χ1n) is 9.55. The first-order valence-corrected chi connectivity index (χ1v) is 9.93. The molecule has 2 heterocycles. The Morgan fingerprint density at radius 3 is 2.57 bits per heavy atom. The Morgan fingerprint density at radius 1 is 1.23 bits per heavy atom. The molecule has 2 fully saturated rings. The Labute approximate surface area is 173 Å². The normalized spacial score (nSPS) is 19.8. The van der Waals surface area contributed by atoms with E-state index in [0.29, 0.717) is 37.0 Å². The van der Waals surface area contributed by atoms with E-state index in [1.54, 1.807) is 4.90 Å². The van der Waals surface area contributed by atoms with Crippen molar-refractivity contribution in [2.75, 3.05) is 36.9 Å². The molecule has 0 amide bonds. The summed E-state index contributed by atoms with van der Waals surface area (Å²) < 4.78 is 53.7. The number of nitrogens with zero attached hydrogens (tertiary/aromatic N) is 3. The lowest BCUT2D eigenvalue weighted by atomic mass is 10.1. The number of nitrogen functional groups attached to an aromatic ring is 1. The monoisotopic (exact) mass is 449 g/mol. The Morgan fingerprint density at radius 2 is 1.93 bits per heavy atom. The Bertz CT molecular complexity index is 1110. The van der Waals surface area contributed by atoms with Crippen LogP contribution >= 0.6 is 11.6 Å². The van der Waals surface area contributed by atoms with Gasteiger partial charge in [0.15, 0.2) is 0 Å². The number of halogens is 5. The molecule has 4 rings (SSSR count). The molecule has 2 aliphatic rings. The molecule has 3 N–H and O–H groups in total. The molecule has 1 aliphatic carbocycles. The predicted octanol–water partition coefficient (Wildman–Crippen LogP) is 1.98. The van der Waals surface area contributed by atoms with Crippen LogP contribution in [-0.4, -0.2) is 41.6 Å². The van der Waals surface area contributed by atoms with Crippen LogP contribution < -0.4 is 27.3 Å². The summed E-state index contributed by atoms with van der Waals surface area (Å²) in [5.74, 6) is 4.71. The predicted molar refractivity (Wildman–Crippen MR) is 105 cm³/mol. The van der Waals surface area contributed by atoms with Gasteiger partial charge in [0.25, 0.3) is 5.56 Å². The number of benzene rings is 1. The zero-order chi connectivity index (χ0) is 21.8. The number of rotatable bonds is 5. The van der Waals surface area contributed by atoms with Crippen LogP contribution in [0.25, 0.3) is 10.9 Å². The average molecular weight is 450 g/mol. The van der Waals surface area contributed by atoms with Crippen LogP contribution in [-0.2, 0) is 0 Å². The van der Waals surface area contributed by atoms with E-state index in [-0.39, 0.29) is 40.1 Å². The smallest absolute Gasteiger partial charge is 0.368 e. The van der Waals surface area contributed by atoms with E-state index in [9.17, 15) is 27.2 Å². The third-order valence-electron chi connectivity index (χ3n) is 5.54. The number of hydrogen-bond acceptors (Lipinski definition) is 5. The molecule has 1 aliphatic heterocycles. The molecular weight excluding hydrogens is 430 g/mol. The standard InChI is InChI=1S/C18H20ClF4N5O2/c19-13-14-11(16(29)28(24)17(30)27(14)10-1-2-10)5-12(20)15(13)26-4-3-9(7-26)6-25-8-18(21,22)23/h5,9-10,25H,1-4,6-8,24H2. The van der Waals surface area contributed by atoms with Gasteiger partial charge in [-0.3, -0.25) is 9.36 Å². The molecular formula is C18H20ClF4N5O2. The van der Waals surface area contributed by atoms with Gasteiger partial charge in [-0.15, -0.1) is 0 Å². The molecule has 0 radical (unpaired) electrons. The molecule has 30 heavy (non-hydrogen) atoms. The number of aromatic nitrogens is 2. The fraction of sp³-hybridized carbons (Fsp3) is 0.556. The molecule has 0 bridgehead atoms. The van der Waals surface area contributed by atoms with E-state index in [0.717, 1.165) is 6.07 Å². The maximum Gasteiger partial charge on any atom is 0.401 e. The highest BCUT2D eigenvalue weighted by Gasteiger charge is 2.33. The first kappa shape index (κ1) is 21.0. The van der Waals surface area contributed by atoms with Crippen molar-refractivity contribution in [1.29, 1.82) is 0 Å². The Kier molecular flexibility index (Phi) is 5.21. The van der Waals surface area contributed by atoms with Crippen molar-refractivity contribution in [3.05, 3.63) is 37.7 Å². The molecule has 0 spiro atoms. The van der Waals surface area contributed by atoms with E-state index in [1.165, 1.54) is 4.57 Å². The van der Waals surface area contributed by atoms with Crippen molar-refractivity contribution in [3.63, 3.8) is 0 Å². The number of nitrogens with one attached hydrogen (secondary N) is 1. The van der Waals surface area contributed by atoms with Crippen molar-refractivity contribution in [1.82, 2.24) is 14.6 Å². The molecule has 164 valence electrons. The molecule has 7 nitrogen and oxygen atoms in total. The topological polar surface area (TPSA) is 85.3 Å². The van der Waals surface area contributed by atoms with E-state index < -0.39 is 29.8 Å². The minimum Gasteiger partial charge on any atom is -0.368 e. The SMILES string of the molecule is Nn1c(=O)c2cc(F)c(N3CCC(CNCC(F)(F)F)C3)c(Cl)c2n(C2CC2)c1=O. The van der Waals surface area contributed by atoms with E-state index in [1.807, 2.05) is 0 Å². The summed E-state index contributed by atoms with van der Waals surface area (Å²) in [7, 11) is 0. The molecule has 1 saturated heterocycles. The van der Waals surface area contributed by atoms with Crippen LogP contribution in [0.3, 0.4) is 0 Å². The van der Waals surface area contributed by atoms with Crippen molar-refractivity contribution >= 4 is 28.2 Å². The van der Waals surface area contributed by atoms with Gasteiger partial charge in [-0.2, -0.15) is 17.8 Å². The van der Waals surface area contributed by atoms with Crippen molar-refractivity contribution < 1.29 is 17.6 Å². The molecule has 2 aromatic rings. The fourth-order valence-corrected chi connectivity index (χ4v) is 4.41. The third-order valence-corrected chi connectivity index (χ3v) is 5.90. The maximum absolute atomic E-state index is 15.0. The minimum atomic E-state index is -4.30. The Hall–Kier alpha value is -2.27. The van der Waals surface area contributed by atoms with Crippen LogP contribution in [0.2, 0.25) is 5.02 Å². The van der Waals surface area contributed by atoms with Crippen LogP contribution in [0.5, 0.6) is 0 Å². The summed E-state index contributed by atoms with van der Waals surface area (Å²) in [4.78, 5) is 26.6. The van der Waals surface area contributed by atoms with E-state index in [2.05, 4.69) is 5.32 Å². The second-order valence-corrected chi connectivity index (χ2v) is 8.20. The van der Waals surface area contributed by atoms with Gasteiger partial charge in [-0.25, -0.2) is 9.18 Å². The highest BCUT2D eigenvalue weighted by Crippen LogP contribution is 2.41. The molecule has 1 aromatic heterocycles. The second-order valence-electron chi connectivity index (χ2n) is 7.82. The van der Waals surface area contributed by atoms with Crippen LogP contribution in [0.1, 0.15) is 25.3 Å². The van der Waals surface area contributed by atoms with Gasteiger partial charge in [-0.05, 0) is 31.2 Å². The van der Waals surface area contributed by atoms with Crippen LogP contribution in [0, 0.1) is 11.7 Å². The van der Waals surface area contributed by atoms with Crippen LogP contribution in [0.4, 0.5) is 23.2 Å². The lowest BCUT2D eigenvalue weighted by Crippen LogP contribution is -2.44. The quantitative estimate of drug-likeness (QED) is 0.538. The summed E-state index contributed by atoms with van der Waals surface area (Å²) in [6.45, 7) is -0.266. The molecule has 12 heteroatoms. The number of alkyl halides is 3. The van der Waals surface area contributed by atoms with Crippen molar-refractivity contribution in [3.8, 4) is 0 Å².